The number of nitrogens with zero attached hydrogens (tertiary/aromatic N) is 3. The van der Waals surface area contributed by atoms with Crippen LogP contribution in [0.25, 0.3) is 10.9 Å². The van der Waals surface area contributed by atoms with E-state index in [9.17, 15) is 0 Å². The number of hydrogen-bond donors (Lipinski definition) is 1. The predicted molar refractivity (Wildman–Crippen MR) is 87.2 cm³/mol. The molecular weight excluding hydrogens is 260 g/mol. The first-order chi connectivity index (χ1) is 10.1. The van der Waals surface area contributed by atoms with Gasteiger partial charge in [-0.1, -0.05) is 42.0 Å². The van der Waals surface area contributed by atoms with Crippen LogP contribution in [0.1, 0.15) is 11.1 Å². The largest absolute Gasteiger partial charge is 0.368 e. The van der Waals surface area contributed by atoms with Crippen LogP contribution < -0.4 is 10.6 Å². The highest BCUT2D eigenvalue weighted by atomic mass is 15.2. The van der Waals surface area contributed by atoms with Gasteiger partial charge in [-0.05, 0) is 24.6 Å². The summed E-state index contributed by atoms with van der Waals surface area (Å²) in [5.74, 6) is 1.17. The highest BCUT2D eigenvalue weighted by Gasteiger charge is 2.10. The van der Waals surface area contributed by atoms with E-state index in [0.29, 0.717) is 5.95 Å². The molecule has 2 aromatic carbocycles. The monoisotopic (exact) mass is 278 g/mol. The number of nitrogens with two attached hydrogens (primary N) is 1. The summed E-state index contributed by atoms with van der Waals surface area (Å²) in [6, 6.07) is 16.4. The minimum Gasteiger partial charge on any atom is -0.368 e. The van der Waals surface area contributed by atoms with Crippen LogP contribution in [0.4, 0.5) is 11.8 Å². The quantitative estimate of drug-likeness (QED) is 0.799. The molecule has 0 fully saturated rings. The van der Waals surface area contributed by atoms with Gasteiger partial charge in [0, 0.05) is 19.0 Å². The second kappa shape index (κ2) is 5.40. The van der Waals surface area contributed by atoms with Crippen LogP contribution in [0.2, 0.25) is 0 Å². The molecule has 0 radical (unpaired) electrons. The van der Waals surface area contributed by atoms with Crippen molar-refractivity contribution in [1.29, 1.82) is 0 Å². The molecule has 21 heavy (non-hydrogen) atoms. The third-order valence-corrected chi connectivity index (χ3v) is 3.46. The van der Waals surface area contributed by atoms with E-state index in [4.69, 9.17) is 5.73 Å². The number of rotatable bonds is 3. The molecule has 0 spiro atoms. The fourth-order valence-corrected chi connectivity index (χ4v) is 2.53. The van der Waals surface area contributed by atoms with Crippen molar-refractivity contribution < 1.29 is 0 Å². The molecule has 4 heteroatoms. The molecule has 0 unspecified atom stereocenters. The second-order valence-corrected chi connectivity index (χ2v) is 5.27. The first-order valence-corrected chi connectivity index (χ1v) is 6.92. The Morgan fingerprint density at radius 1 is 1.05 bits per heavy atom. The number of aryl methyl sites for hydroxylation is 1. The molecule has 1 heterocycles. The summed E-state index contributed by atoms with van der Waals surface area (Å²) >= 11 is 0. The van der Waals surface area contributed by atoms with Crippen LogP contribution in [0, 0.1) is 6.92 Å². The highest BCUT2D eigenvalue weighted by molar-refractivity contribution is 5.90. The molecule has 0 bridgehead atoms. The maximum Gasteiger partial charge on any atom is 0.222 e. The van der Waals surface area contributed by atoms with Gasteiger partial charge in [-0.2, -0.15) is 4.98 Å². The van der Waals surface area contributed by atoms with E-state index in [1.54, 1.807) is 0 Å². The summed E-state index contributed by atoms with van der Waals surface area (Å²) in [5.41, 5.74) is 9.21. The van der Waals surface area contributed by atoms with Gasteiger partial charge in [0.05, 0.1) is 5.52 Å². The molecule has 0 saturated carbocycles. The summed E-state index contributed by atoms with van der Waals surface area (Å²) < 4.78 is 0. The van der Waals surface area contributed by atoms with E-state index in [0.717, 1.165) is 23.3 Å². The fraction of sp³-hybridized carbons (Fsp3) is 0.176. The van der Waals surface area contributed by atoms with Gasteiger partial charge < -0.3 is 10.6 Å². The molecular formula is C17H18N4. The number of nitrogen functional groups attached to an aromatic ring is 1. The Kier molecular flexibility index (Phi) is 3.44. The van der Waals surface area contributed by atoms with Crippen molar-refractivity contribution in [1.82, 2.24) is 9.97 Å². The Hall–Kier alpha value is -2.62. The lowest BCUT2D eigenvalue weighted by Crippen LogP contribution is -2.19. The van der Waals surface area contributed by atoms with Crippen molar-refractivity contribution >= 4 is 22.7 Å². The number of hydrogen-bond acceptors (Lipinski definition) is 4. The third-order valence-electron chi connectivity index (χ3n) is 3.46. The van der Waals surface area contributed by atoms with Crippen LogP contribution in [0.3, 0.4) is 0 Å². The van der Waals surface area contributed by atoms with Crippen molar-refractivity contribution in [2.24, 2.45) is 0 Å². The molecule has 0 aliphatic rings. The van der Waals surface area contributed by atoms with Crippen LogP contribution in [0.5, 0.6) is 0 Å². The zero-order chi connectivity index (χ0) is 14.8. The number of aromatic nitrogens is 2. The average Bonchev–Trinajstić information content (AvgIpc) is 2.46. The Balaban J connectivity index is 1.99. The standard InChI is InChI=1S/C17H18N4/c1-12-6-5-7-13(10-12)11-21(2)16-14-8-3-4-9-15(14)19-17(18)20-16/h3-10H,11H2,1-2H3,(H2,18,19,20). The molecule has 0 aliphatic carbocycles. The van der Waals surface area contributed by atoms with Gasteiger partial charge in [-0.25, -0.2) is 4.98 Å². The normalized spacial score (nSPS) is 10.8. The molecule has 3 aromatic rings. The van der Waals surface area contributed by atoms with Gasteiger partial charge in [-0.3, -0.25) is 0 Å². The molecule has 106 valence electrons. The molecule has 0 saturated heterocycles. The summed E-state index contributed by atoms with van der Waals surface area (Å²) in [4.78, 5) is 10.8. The minimum atomic E-state index is 0.305. The summed E-state index contributed by atoms with van der Waals surface area (Å²) in [5, 5.41) is 1.02. The van der Waals surface area contributed by atoms with Crippen molar-refractivity contribution in [3.63, 3.8) is 0 Å². The molecule has 1 aromatic heterocycles. The number of fused-ring (bicyclic) bond motifs is 1. The van der Waals surface area contributed by atoms with E-state index >= 15 is 0 Å². The van der Waals surface area contributed by atoms with Gasteiger partial charge >= 0.3 is 0 Å². The predicted octanol–water partition coefficient (Wildman–Crippen LogP) is 3.16. The van der Waals surface area contributed by atoms with Crippen LogP contribution in [-0.2, 0) is 6.54 Å². The number of para-hydroxylation sites is 1. The Bertz CT molecular complexity index is 783. The van der Waals surface area contributed by atoms with Crippen LogP contribution >= 0.6 is 0 Å². The van der Waals surface area contributed by atoms with Crippen molar-refractivity contribution in [3.8, 4) is 0 Å². The Morgan fingerprint density at radius 2 is 1.86 bits per heavy atom. The van der Waals surface area contributed by atoms with E-state index in [2.05, 4.69) is 46.1 Å². The zero-order valence-electron chi connectivity index (χ0n) is 12.2. The van der Waals surface area contributed by atoms with Gasteiger partial charge in [0.15, 0.2) is 0 Å². The average molecular weight is 278 g/mol. The lowest BCUT2D eigenvalue weighted by molar-refractivity contribution is 0.901. The lowest BCUT2D eigenvalue weighted by Gasteiger charge is -2.20. The number of benzene rings is 2. The SMILES string of the molecule is Cc1cccc(CN(C)c2nc(N)nc3ccccc23)c1. The highest BCUT2D eigenvalue weighted by Crippen LogP contribution is 2.24. The lowest BCUT2D eigenvalue weighted by atomic mass is 10.1. The molecule has 2 N–H and O–H groups in total. The second-order valence-electron chi connectivity index (χ2n) is 5.27. The first kappa shape index (κ1) is 13.4. The summed E-state index contributed by atoms with van der Waals surface area (Å²) in [7, 11) is 2.02. The van der Waals surface area contributed by atoms with E-state index in [-0.39, 0.29) is 0 Å². The Morgan fingerprint density at radius 3 is 2.67 bits per heavy atom. The van der Waals surface area contributed by atoms with Crippen molar-refractivity contribution in [2.75, 3.05) is 17.7 Å². The van der Waals surface area contributed by atoms with Crippen molar-refractivity contribution in [2.45, 2.75) is 13.5 Å². The molecule has 0 amide bonds. The maximum atomic E-state index is 5.83. The Labute approximate surface area is 124 Å². The van der Waals surface area contributed by atoms with Crippen LogP contribution in [-0.4, -0.2) is 17.0 Å². The molecule has 0 aliphatic heterocycles. The van der Waals surface area contributed by atoms with Crippen LogP contribution in [0.15, 0.2) is 48.5 Å². The summed E-state index contributed by atoms with van der Waals surface area (Å²) in [6.07, 6.45) is 0. The van der Waals surface area contributed by atoms with Gasteiger partial charge in [0.2, 0.25) is 5.95 Å². The third kappa shape index (κ3) is 2.79. The van der Waals surface area contributed by atoms with Crippen molar-refractivity contribution in [3.05, 3.63) is 59.7 Å². The molecule has 0 atom stereocenters. The van der Waals surface area contributed by atoms with Gasteiger partial charge in [0.1, 0.15) is 5.82 Å². The van der Waals surface area contributed by atoms with Gasteiger partial charge in [0.25, 0.3) is 0 Å². The molecule has 4 nitrogen and oxygen atoms in total. The van der Waals surface area contributed by atoms with E-state index in [1.807, 2.05) is 31.3 Å². The zero-order valence-corrected chi connectivity index (χ0v) is 12.2. The first-order valence-electron chi connectivity index (χ1n) is 6.92. The fourth-order valence-electron chi connectivity index (χ4n) is 2.53. The molecule has 3 rings (SSSR count). The maximum absolute atomic E-state index is 5.83. The van der Waals surface area contributed by atoms with E-state index < -0.39 is 0 Å². The summed E-state index contributed by atoms with van der Waals surface area (Å²) in [6.45, 7) is 2.88. The topological polar surface area (TPSA) is 55.0 Å². The minimum absolute atomic E-state index is 0.305. The van der Waals surface area contributed by atoms with E-state index in [1.165, 1.54) is 11.1 Å². The number of anilines is 2. The van der Waals surface area contributed by atoms with Gasteiger partial charge in [-0.15, -0.1) is 0 Å². The smallest absolute Gasteiger partial charge is 0.222 e.